The van der Waals surface area contributed by atoms with Gasteiger partial charge in [-0.05, 0) is 44.7 Å². The van der Waals surface area contributed by atoms with E-state index in [0.29, 0.717) is 31.8 Å². The average Bonchev–Trinajstić information content (AvgIpc) is 2.92. The van der Waals surface area contributed by atoms with Crippen molar-refractivity contribution in [1.82, 2.24) is 14.9 Å². The van der Waals surface area contributed by atoms with Crippen molar-refractivity contribution in [3.05, 3.63) is 0 Å². The lowest BCUT2D eigenvalue weighted by atomic mass is 10.0. The summed E-state index contributed by atoms with van der Waals surface area (Å²) < 4.78 is 25.5. The van der Waals surface area contributed by atoms with Gasteiger partial charge in [-0.1, -0.05) is 6.92 Å². The fraction of sp³-hybridized carbons (Fsp3) is 0.929. The van der Waals surface area contributed by atoms with Crippen LogP contribution in [-0.4, -0.2) is 56.6 Å². The van der Waals surface area contributed by atoms with E-state index in [1.54, 1.807) is 4.31 Å². The summed E-state index contributed by atoms with van der Waals surface area (Å²) in [6.45, 7) is 4.87. The van der Waals surface area contributed by atoms with Crippen molar-refractivity contribution in [3.63, 3.8) is 0 Å². The van der Waals surface area contributed by atoms with Crippen molar-refractivity contribution in [3.8, 4) is 0 Å². The summed E-state index contributed by atoms with van der Waals surface area (Å²) in [7, 11) is -3.09. The summed E-state index contributed by atoms with van der Waals surface area (Å²) >= 11 is 0. The Morgan fingerprint density at radius 3 is 2.57 bits per heavy atom. The molecule has 2 N–H and O–H groups in total. The van der Waals surface area contributed by atoms with Gasteiger partial charge < -0.3 is 10.6 Å². The molecule has 1 atom stereocenters. The van der Waals surface area contributed by atoms with Crippen LogP contribution in [0.3, 0.4) is 0 Å². The Hall–Kier alpha value is -0.660. The molecule has 2 rings (SSSR count). The van der Waals surface area contributed by atoms with Gasteiger partial charge in [0, 0.05) is 25.6 Å². The van der Waals surface area contributed by atoms with Gasteiger partial charge in [0.05, 0.1) is 5.75 Å². The Labute approximate surface area is 127 Å². The van der Waals surface area contributed by atoms with Crippen molar-refractivity contribution in [2.75, 3.05) is 31.9 Å². The molecule has 0 aromatic rings. The minimum absolute atomic E-state index is 0.110. The summed E-state index contributed by atoms with van der Waals surface area (Å²) in [6.07, 6.45) is 3.74. The Bertz CT molecular complexity index is 438. The van der Waals surface area contributed by atoms with Gasteiger partial charge >= 0.3 is 0 Å². The molecule has 0 saturated carbocycles. The van der Waals surface area contributed by atoms with Crippen molar-refractivity contribution in [2.24, 2.45) is 5.92 Å². The first-order valence-corrected chi connectivity index (χ1v) is 9.60. The second kappa shape index (κ2) is 7.56. The van der Waals surface area contributed by atoms with Crippen molar-refractivity contribution < 1.29 is 13.2 Å². The van der Waals surface area contributed by atoms with E-state index in [0.717, 1.165) is 32.4 Å². The predicted octanol–water partition coefficient (Wildman–Crippen LogP) is 0.306. The monoisotopic (exact) mass is 317 g/mol. The van der Waals surface area contributed by atoms with Crippen molar-refractivity contribution in [1.29, 1.82) is 0 Å². The lowest BCUT2D eigenvalue weighted by Gasteiger charge is -2.31. The van der Waals surface area contributed by atoms with E-state index in [-0.39, 0.29) is 17.7 Å². The molecule has 6 nitrogen and oxygen atoms in total. The maximum Gasteiger partial charge on any atom is 0.220 e. The molecule has 21 heavy (non-hydrogen) atoms. The number of carbonyl (C=O) groups is 1. The van der Waals surface area contributed by atoms with Crippen LogP contribution in [0.5, 0.6) is 0 Å². The second-order valence-corrected chi connectivity index (χ2v) is 8.21. The third kappa shape index (κ3) is 4.93. The average molecular weight is 317 g/mol. The molecule has 0 radical (unpaired) electrons. The SMILES string of the molecule is CCCS(=O)(=O)N1CCC(NC(=O)CC2CCNC2)CC1. The molecule has 1 unspecified atom stereocenters. The van der Waals surface area contributed by atoms with E-state index < -0.39 is 10.0 Å². The van der Waals surface area contributed by atoms with E-state index in [1.165, 1.54) is 0 Å². The number of carbonyl (C=O) groups excluding carboxylic acids is 1. The molecular formula is C14H27N3O3S. The zero-order valence-electron chi connectivity index (χ0n) is 12.8. The molecule has 2 aliphatic heterocycles. The van der Waals surface area contributed by atoms with Crippen LogP contribution >= 0.6 is 0 Å². The van der Waals surface area contributed by atoms with Gasteiger partial charge in [-0.2, -0.15) is 0 Å². The van der Waals surface area contributed by atoms with Gasteiger partial charge in [0.1, 0.15) is 0 Å². The summed E-state index contributed by atoms with van der Waals surface area (Å²) in [6, 6.07) is 0.125. The Kier molecular flexibility index (Phi) is 6.01. The molecule has 2 saturated heterocycles. The quantitative estimate of drug-likeness (QED) is 0.739. The Morgan fingerprint density at radius 1 is 1.29 bits per heavy atom. The summed E-state index contributed by atoms with van der Waals surface area (Å²) in [5, 5.41) is 6.32. The minimum atomic E-state index is -3.09. The Morgan fingerprint density at radius 2 is 2.00 bits per heavy atom. The highest BCUT2D eigenvalue weighted by molar-refractivity contribution is 7.89. The molecule has 7 heteroatoms. The van der Waals surface area contributed by atoms with Crippen LogP contribution in [0.2, 0.25) is 0 Å². The minimum Gasteiger partial charge on any atom is -0.353 e. The molecule has 2 aliphatic rings. The first-order valence-electron chi connectivity index (χ1n) is 7.99. The highest BCUT2D eigenvalue weighted by Crippen LogP contribution is 2.16. The molecule has 0 aromatic heterocycles. The second-order valence-electron chi connectivity index (χ2n) is 6.12. The molecule has 0 aliphatic carbocycles. The number of amides is 1. The van der Waals surface area contributed by atoms with Crippen molar-refractivity contribution in [2.45, 2.75) is 45.1 Å². The fourth-order valence-electron chi connectivity index (χ4n) is 3.10. The normalized spacial score (nSPS) is 25.1. The highest BCUT2D eigenvalue weighted by Gasteiger charge is 2.28. The molecule has 122 valence electrons. The Balaban J connectivity index is 1.72. The molecule has 2 heterocycles. The first kappa shape index (κ1) is 16.7. The lowest BCUT2D eigenvalue weighted by Crippen LogP contribution is -2.47. The van der Waals surface area contributed by atoms with Gasteiger partial charge in [-0.3, -0.25) is 4.79 Å². The van der Waals surface area contributed by atoms with Crippen LogP contribution in [0.4, 0.5) is 0 Å². The molecule has 0 aromatic carbocycles. The van der Waals surface area contributed by atoms with E-state index in [9.17, 15) is 13.2 Å². The molecule has 0 bridgehead atoms. The van der Waals surface area contributed by atoms with Crippen LogP contribution in [0.1, 0.15) is 39.0 Å². The third-order valence-corrected chi connectivity index (χ3v) is 6.39. The zero-order valence-corrected chi connectivity index (χ0v) is 13.6. The number of piperidine rings is 1. The van der Waals surface area contributed by atoms with Crippen LogP contribution in [0.25, 0.3) is 0 Å². The summed E-state index contributed by atoms with van der Waals surface area (Å²) in [4.78, 5) is 12.0. The maximum absolute atomic E-state index is 12.0. The number of nitrogens with zero attached hydrogens (tertiary/aromatic N) is 1. The van der Waals surface area contributed by atoms with Gasteiger partial charge in [0.15, 0.2) is 0 Å². The fourth-order valence-corrected chi connectivity index (χ4v) is 4.64. The largest absolute Gasteiger partial charge is 0.353 e. The van der Waals surface area contributed by atoms with Gasteiger partial charge in [0.25, 0.3) is 0 Å². The molecule has 2 fully saturated rings. The number of nitrogens with one attached hydrogen (secondary N) is 2. The number of rotatable bonds is 6. The maximum atomic E-state index is 12.0. The van der Waals surface area contributed by atoms with Gasteiger partial charge in [-0.25, -0.2) is 12.7 Å². The zero-order chi connectivity index (χ0) is 15.3. The van der Waals surface area contributed by atoms with Gasteiger partial charge in [0.2, 0.25) is 15.9 Å². The van der Waals surface area contributed by atoms with Gasteiger partial charge in [-0.15, -0.1) is 0 Å². The van der Waals surface area contributed by atoms with E-state index in [2.05, 4.69) is 10.6 Å². The van der Waals surface area contributed by atoms with Crippen molar-refractivity contribution >= 4 is 15.9 Å². The predicted molar refractivity (Wildman–Crippen MR) is 82.4 cm³/mol. The lowest BCUT2D eigenvalue weighted by molar-refractivity contribution is -0.122. The summed E-state index contributed by atoms with van der Waals surface area (Å²) in [5.41, 5.74) is 0. The smallest absolute Gasteiger partial charge is 0.220 e. The molecular weight excluding hydrogens is 290 g/mol. The molecule has 0 spiro atoms. The van der Waals surface area contributed by atoms with E-state index in [4.69, 9.17) is 0 Å². The van der Waals surface area contributed by atoms with Crippen LogP contribution in [0.15, 0.2) is 0 Å². The van der Waals surface area contributed by atoms with Crippen LogP contribution in [-0.2, 0) is 14.8 Å². The standard InChI is InChI=1S/C14H27N3O3S/c1-2-9-21(19,20)17-7-4-13(5-8-17)16-14(18)10-12-3-6-15-11-12/h12-13,15H,2-11H2,1H3,(H,16,18). The topological polar surface area (TPSA) is 78.5 Å². The highest BCUT2D eigenvalue weighted by atomic mass is 32.2. The third-order valence-electron chi connectivity index (χ3n) is 4.31. The van der Waals surface area contributed by atoms with E-state index >= 15 is 0 Å². The number of sulfonamides is 1. The van der Waals surface area contributed by atoms with E-state index in [1.807, 2.05) is 6.92 Å². The number of hydrogen-bond acceptors (Lipinski definition) is 4. The van der Waals surface area contributed by atoms with Crippen LogP contribution in [0, 0.1) is 5.92 Å². The first-order chi connectivity index (χ1) is 10.0. The number of hydrogen-bond donors (Lipinski definition) is 2. The van der Waals surface area contributed by atoms with Crippen LogP contribution < -0.4 is 10.6 Å². The molecule has 1 amide bonds. The summed E-state index contributed by atoms with van der Waals surface area (Å²) in [5.74, 6) is 0.784.